The van der Waals surface area contributed by atoms with Crippen molar-refractivity contribution in [1.29, 1.82) is 0 Å². The molecule has 2 saturated heterocycles. The summed E-state index contributed by atoms with van der Waals surface area (Å²) in [5, 5.41) is 0. The molecule has 0 spiro atoms. The van der Waals surface area contributed by atoms with Crippen LogP contribution in [0.15, 0.2) is 0 Å². The van der Waals surface area contributed by atoms with Gasteiger partial charge in [0.05, 0.1) is 0 Å². The van der Waals surface area contributed by atoms with Gasteiger partial charge in [-0.2, -0.15) is 11.8 Å². The van der Waals surface area contributed by atoms with Gasteiger partial charge < -0.3 is 5.73 Å². The Morgan fingerprint density at radius 3 is 2.71 bits per heavy atom. The van der Waals surface area contributed by atoms with Crippen LogP contribution in [0.2, 0.25) is 0 Å². The third-order valence-corrected chi connectivity index (χ3v) is 6.11. The summed E-state index contributed by atoms with van der Waals surface area (Å²) in [6.07, 6.45) is 4.03. The summed E-state index contributed by atoms with van der Waals surface area (Å²) < 4.78 is 0. The molecule has 0 bridgehead atoms. The third kappa shape index (κ3) is 2.99. The minimum atomic E-state index is 0.279. The van der Waals surface area contributed by atoms with Gasteiger partial charge in [0.1, 0.15) is 0 Å². The topological polar surface area (TPSA) is 29.3 Å². The van der Waals surface area contributed by atoms with Crippen molar-refractivity contribution >= 4 is 11.8 Å². The molecule has 3 heteroatoms. The Morgan fingerprint density at radius 2 is 2.12 bits per heavy atom. The van der Waals surface area contributed by atoms with Crippen LogP contribution in [0.4, 0.5) is 0 Å². The van der Waals surface area contributed by atoms with Crippen LogP contribution in [0.5, 0.6) is 0 Å². The molecule has 2 N–H and O–H groups in total. The second-order valence-electron chi connectivity index (χ2n) is 6.96. The number of nitrogens with zero attached hydrogens (tertiary/aromatic N) is 1. The maximum Gasteiger partial charge on any atom is 0.0427 e. The highest BCUT2D eigenvalue weighted by molar-refractivity contribution is 7.99. The normalized spacial score (nSPS) is 39.2. The monoisotopic (exact) mass is 256 g/mol. The highest BCUT2D eigenvalue weighted by Gasteiger charge is 2.44. The molecule has 2 aliphatic heterocycles. The Bertz CT molecular complexity index is 267. The lowest BCUT2D eigenvalue weighted by Crippen LogP contribution is -2.61. The predicted octanol–water partition coefficient (Wildman–Crippen LogP) is 2.58. The van der Waals surface area contributed by atoms with Gasteiger partial charge >= 0.3 is 0 Å². The molecule has 2 atom stereocenters. The lowest BCUT2D eigenvalue weighted by molar-refractivity contribution is 0.0345. The average molecular weight is 256 g/mol. The Labute approximate surface area is 111 Å². The van der Waals surface area contributed by atoms with E-state index in [1.54, 1.807) is 0 Å². The van der Waals surface area contributed by atoms with E-state index in [1.807, 2.05) is 0 Å². The fourth-order valence-electron chi connectivity index (χ4n) is 3.59. The van der Waals surface area contributed by atoms with Crippen LogP contribution in [-0.4, -0.2) is 41.6 Å². The molecule has 17 heavy (non-hydrogen) atoms. The first-order valence-electron chi connectivity index (χ1n) is 7.00. The Hall–Kier alpha value is 0.270. The zero-order valence-electron chi connectivity index (χ0n) is 11.7. The number of hydrogen-bond donors (Lipinski definition) is 1. The van der Waals surface area contributed by atoms with E-state index in [0.29, 0.717) is 5.41 Å². The van der Waals surface area contributed by atoms with Gasteiger partial charge in [-0.15, -0.1) is 0 Å². The second kappa shape index (κ2) is 5.10. The number of rotatable bonds is 2. The van der Waals surface area contributed by atoms with Gasteiger partial charge in [0.2, 0.25) is 0 Å². The molecule has 0 radical (unpaired) electrons. The van der Waals surface area contributed by atoms with Crippen LogP contribution < -0.4 is 5.73 Å². The summed E-state index contributed by atoms with van der Waals surface area (Å²) in [6.45, 7) is 10.5. The summed E-state index contributed by atoms with van der Waals surface area (Å²) in [6, 6.07) is 0. The van der Waals surface area contributed by atoms with Crippen molar-refractivity contribution in [2.45, 2.75) is 45.6 Å². The van der Waals surface area contributed by atoms with Crippen molar-refractivity contribution in [2.75, 3.05) is 31.1 Å². The molecule has 2 nitrogen and oxygen atoms in total. The van der Waals surface area contributed by atoms with Crippen LogP contribution in [0.1, 0.15) is 40.0 Å². The maximum atomic E-state index is 6.18. The molecule has 2 fully saturated rings. The highest BCUT2D eigenvalue weighted by atomic mass is 32.2. The first-order chi connectivity index (χ1) is 7.97. The van der Waals surface area contributed by atoms with E-state index in [4.69, 9.17) is 5.73 Å². The van der Waals surface area contributed by atoms with Crippen molar-refractivity contribution in [3.8, 4) is 0 Å². The SMILES string of the molecule is CC1CCCN(C2(CN)CSCC(C)(C)C2)C1. The van der Waals surface area contributed by atoms with Crippen LogP contribution in [0.25, 0.3) is 0 Å². The van der Waals surface area contributed by atoms with Crippen LogP contribution in [0.3, 0.4) is 0 Å². The number of likely N-dealkylation sites (tertiary alicyclic amines) is 1. The molecule has 0 saturated carbocycles. The predicted molar refractivity (Wildman–Crippen MR) is 77.5 cm³/mol. The van der Waals surface area contributed by atoms with Crippen molar-refractivity contribution in [1.82, 2.24) is 4.90 Å². The zero-order valence-corrected chi connectivity index (χ0v) is 12.5. The van der Waals surface area contributed by atoms with Crippen LogP contribution in [-0.2, 0) is 0 Å². The van der Waals surface area contributed by atoms with Crippen LogP contribution in [0, 0.1) is 11.3 Å². The fraction of sp³-hybridized carbons (Fsp3) is 1.00. The van der Waals surface area contributed by atoms with E-state index >= 15 is 0 Å². The van der Waals surface area contributed by atoms with E-state index < -0.39 is 0 Å². The molecular formula is C14H28N2S. The molecule has 0 aliphatic carbocycles. The van der Waals surface area contributed by atoms with Crippen LogP contribution >= 0.6 is 11.8 Å². The van der Waals surface area contributed by atoms with Crippen molar-refractivity contribution in [2.24, 2.45) is 17.1 Å². The lowest BCUT2D eigenvalue weighted by atomic mass is 9.77. The smallest absolute Gasteiger partial charge is 0.0427 e. The van der Waals surface area contributed by atoms with Crippen molar-refractivity contribution in [3.63, 3.8) is 0 Å². The molecule has 2 rings (SSSR count). The highest BCUT2D eigenvalue weighted by Crippen LogP contribution is 2.42. The summed E-state index contributed by atoms with van der Waals surface area (Å²) in [7, 11) is 0. The maximum absolute atomic E-state index is 6.18. The van der Waals surface area contributed by atoms with E-state index in [0.717, 1.165) is 12.5 Å². The summed E-state index contributed by atoms with van der Waals surface area (Å²) in [5.41, 5.74) is 6.91. The zero-order chi connectivity index (χ0) is 12.5. The molecule has 0 aromatic rings. The summed E-state index contributed by atoms with van der Waals surface area (Å²) >= 11 is 2.11. The molecule has 100 valence electrons. The molecular weight excluding hydrogens is 228 g/mol. The minimum Gasteiger partial charge on any atom is -0.329 e. The third-order valence-electron chi connectivity index (χ3n) is 4.38. The molecule has 2 unspecified atom stereocenters. The van der Waals surface area contributed by atoms with Gasteiger partial charge in [-0.3, -0.25) is 4.90 Å². The number of thioether (sulfide) groups is 1. The summed E-state index contributed by atoms with van der Waals surface area (Å²) in [5.74, 6) is 3.37. The quantitative estimate of drug-likeness (QED) is 0.823. The summed E-state index contributed by atoms with van der Waals surface area (Å²) in [4.78, 5) is 2.72. The molecule has 2 heterocycles. The first-order valence-corrected chi connectivity index (χ1v) is 8.16. The molecule has 0 aromatic heterocycles. The van der Waals surface area contributed by atoms with Gasteiger partial charge in [0.15, 0.2) is 0 Å². The number of piperidine rings is 1. The molecule has 2 aliphatic rings. The van der Waals surface area contributed by atoms with Gasteiger partial charge in [0, 0.05) is 24.4 Å². The Morgan fingerprint density at radius 1 is 1.35 bits per heavy atom. The average Bonchev–Trinajstić information content (AvgIpc) is 2.27. The van der Waals surface area contributed by atoms with E-state index in [-0.39, 0.29) is 5.54 Å². The van der Waals surface area contributed by atoms with E-state index in [2.05, 4.69) is 37.4 Å². The largest absolute Gasteiger partial charge is 0.329 e. The first kappa shape index (κ1) is 13.7. The standard InChI is InChI=1S/C14H28N2S/c1-12-5-4-6-16(7-12)14(9-15)8-13(2,3)10-17-11-14/h12H,4-11,15H2,1-3H3. The number of hydrogen-bond acceptors (Lipinski definition) is 3. The second-order valence-corrected chi connectivity index (χ2v) is 7.94. The molecule has 0 amide bonds. The van der Waals surface area contributed by atoms with E-state index in [9.17, 15) is 0 Å². The van der Waals surface area contributed by atoms with E-state index in [1.165, 1.54) is 43.9 Å². The van der Waals surface area contributed by atoms with Crippen molar-refractivity contribution in [3.05, 3.63) is 0 Å². The minimum absolute atomic E-state index is 0.279. The van der Waals surface area contributed by atoms with Crippen molar-refractivity contribution < 1.29 is 0 Å². The Kier molecular flexibility index (Phi) is 4.11. The van der Waals surface area contributed by atoms with Gasteiger partial charge in [-0.25, -0.2) is 0 Å². The lowest BCUT2D eigenvalue weighted by Gasteiger charge is -2.52. The van der Waals surface area contributed by atoms with Gasteiger partial charge in [-0.05, 0) is 42.9 Å². The van der Waals surface area contributed by atoms with Gasteiger partial charge in [-0.1, -0.05) is 20.8 Å². The number of nitrogens with two attached hydrogens (primary N) is 1. The Balaban J connectivity index is 2.12. The van der Waals surface area contributed by atoms with Gasteiger partial charge in [0.25, 0.3) is 0 Å². The molecule has 0 aromatic carbocycles. The fourth-order valence-corrected chi connectivity index (χ4v) is 5.13.